The maximum Gasteiger partial charge on any atom is 0.307 e. The van der Waals surface area contributed by atoms with Gasteiger partial charge in [-0.05, 0) is 61.1 Å². The maximum atomic E-state index is 11.3. The number of rotatable bonds is 8. The van der Waals surface area contributed by atoms with E-state index in [9.17, 15) is 19.8 Å². The van der Waals surface area contributed by atoms with E-state index in [0.717, 1.165) is 71.0 Å². The molecule has 1 aliphatic rings. The lowest BCUT2D eigenvalue weighted by atomic mass is 9.95. The minimum Gasteiger partial charge on any atom is -0.494 e. The van der Waals surface area contributed by atoms with Crippen molar-refractivity contribution in [3.8, 4) is 23.3 Å². The molecule has 5 rings (SSSR count). The van der Waals surface area contributed by atoms with Crippen molar-refractivity contribution < 1.29 is 19.7 Å². The van der Waals surface area contributed by atoms with Gasteiger partial charge in [0.2, 0.25) is 11.8 Å². The molecule has 4 N–H and O–H groups in total. The van der Waals surface area contributed by atoms with Gasteiger partial charge in [-0.2, -0.15) is 0 Å². The number of thiazole rings is 2. The molecule has 2 aromatic carbocycles. The Morgan fingerprint density at radius 1 is 0.667 bits per heavy atom. The fourth-order valence-electron chi connectivity index (χ4n) is 4.34. The molecule has 36 heavy (non-hydrogen) atoms. The summed E-state index contributed by atoms with van der Waals surface area (Å²) < 4.78 is 12.3. The number of H-pyrrole nitrogens is 2. The minimum atomic E-state index is -0.256. The van der Waals surface area contributed by atoms with Crippen LogP contribution in [0.15, 0.2) is 58.1 Å². The molecule has 8 nitrogen and oxygen atoms in total. The van der Waals surface area contributed by atoms with Crippen LogP contribution in [0, 0.1) is 0 Å². The highest BCUT2D eigenvalue weighted by atomic mass is 32.1. The molecule has 10 heteroatoms. The summed E-state index contributed by atoms with van der Waals surface area (Å²) >= 11 is 2.04. The molecule has 0 unspecified atom stereocenters. The zero-order valence-corrected chi connectivity index (χ0v) is 21.0. The molecule has 0 radical (unpaired) electrons. The Kier molecular flexibility index (Phi) is 7.15. The first-order valence-electron chi connectivity index (χ1n) is 11.7. The molecule has 2 aromatic heterocycles. The third-order valence-corrected chi connectivity index (χ3v) is 7.95. The van der Waals surface area contributed by atoms with Crippen molar-refractivity contribution in [1.82, 2.24) is 9.97 Å². The number of benzene rings is 2. The van der Waals surface area contributed by atoms with E-state index in [0.29, 0.717) is 22.6 Å². The summed E-state index contributed by atoms with van der Waals surface area (Å²) in [6.45, 7) is 0. The third kappa shape index (κ3) is 6.00. The number of ether oxygens (including phenoxy) is 2. The molecule has 1 aliphatic carbocycles. The molecular formula is C26H26N2O6S2. The molecule has 0 atom stereocenters. The Labute approximate surface area is 214 Å². The topological polar surface area (TPSA) is 125 Å². The summed E-state index contributed by atoms with van der Waals surface area (Å²) in [5, 5.41) is 19.5. The fourth-order valence-corrected chi connectivity index (χ4v) is 5.86. The Balaban J connectivity index is 1.08. The van der Waals surface area contributed by atoms with Crippen LogP contribution in [0.1, 0.15) is 46.6 Å². The molecule has 1 fully saturated rings. The number of aromatic amines is 2. The first-order chi connectivity index (χ1) is 17.4. The maximum absolute atomic E-state index is 11.3. The molecule has 4 aromatic rings. The lowest BCUT2D eigenvalue weighted by molar-refractivity contribution is 0.0806. The number of aromatic hydroxyl groups is 2. The number of hydrogen-bond acceptors (Lipinski definition) is 8. The van der Waals surface area contributed by atoms with Crippen LogP contribution in [0.5, 0.6) is 23.3 Å². The number of aromatic nitrogens is 2. The van der Waals surface area contributed by atoms with Crippen LogP contribution in [-0.4, -0.2) is 32.4 Å². The standard InChI is InChI=1S/C26H26N2O6S2/c29-23-21(35-25(31)27-23)13-15-1-5-17(6-2-15)33-19-9-11-20(12-10-19)34-18-7-3-16(4-8-18)14-22-24(30)28-26(32)36-22/h1-8,19-20,29-30H,9-14H2,(H,27,31)(H,28,32). The van der Waals surface area contributed by atoms with Crippen LogP contribution >= 0.6 is 22.7 Å². The summed E-state index contributed by atoms with van der Waals surface area (Å²) in [6, 6.07) is 15.5. The largest absolute Gasteiger partial charge is 0.494 e. The van der Waals surface area contributed by atoms with E-state index in [-0.39, 0.29) is 33.7 Å². The predicted octanol–water partition coefficient (Wildman–Crippen LogP) is 4.55. The number of nitrogens with one attached hydrogen (secondary N) is 2. The Morgan fingerprint density at radius 2 is 1.03 bits per heavy atom. The van der Waals surface area contributed by atoms with Gasteiger partial charge >= 0.3 is 9.75 Å². The van der Waals surface area contributed by atoms with Crippen molar-refractivity contribution in [3.05, 3.63) is 88.7 Å². The molecule has 0 amide bonds. The summed E-state index contributed by atoms with van der Waals surface area (Å²) in [5.74, 6) is 1.50. The summed E-state index contributed by atoms with van der Waals surface area (Å²) in [5.41, 5.74) is 1.99. The van der Waals surface area contributed by atoms with Gasteiger partial charge in [0.15, 0.2) is 0 Å². The smallest absolute Gasteiger partial charge is 0.307 e. The first kappa shape index (κ1) is 24.2. The van der Waals surface area contributed by atoms with Gasteiger partial charge in [0.05, 0.1) is 22.0 Å². The lowest BCUT2D eigenvalue weighted by Gasteiger charge is -2.29. The van der Waals surface area contributed by atoms with Crippen molar-refractivity contribution in [2.75, 3.05) is 0 Å². The van der Waals surface area contributed by atoms with Crippen molar-refractivity contribution in [2.24, 2.45) is 0 Å². The van der Waals surface area contributed by atoms with E-state index < -0.39 is 0 Å². The van der Waals surface area contributed by atoms with E-state index in [1.54, 1.807) is 0 Å². The van der Waals surface area contributed by atoms with Crippen LogP contribution in [-0.2, 0) is 12.8 Å². The molecular weight excluding hydrogens is 500 g/mol. The van der Waals surface area contributed by atoms with Crippen LogP contribution in [0.4, 0.5) is 0 Å². The predicted molar refractivity (Wildman–Crippen MR) is 139 cm³/mol. The zero-order chi connectivity index (χ0) is 25.1. The van der Waals surface area contributed by atoms with Gasteiger partial charge in [-0.25, -0.2) is 0 Å². The minimum absolute atomic E-state index is 0.0587. The van der Waals surface area contributed by atoms with Gasteiger partial charge in [-0.3, -0.25) is 19.6 Å². The van der Waals surface area contributed by atoms with Gasteiger partial charge in [-0.1, -0.05) is 46.9 Å². The molecule has 0 bridgehead atoms. The van der Waals surface area contributed by atoms with E-state index in [2.05, 4.69) is 9.97 Å². The fraction of sp³-hybridized carbons (Fsp3) is 0.308. The van der Waals surface area contributed by atoms with Gasteiger partial charge < -0.3 is 19.7 Å². The molecule has 1 saturated carbocycles. The van der Waals surface area contributed by atoms with Crippen molar-refractivity contribution in [3.63, 3.8) is 0 Å². The van der Waals surface area contributed by atoms with Gasteiger partial charge in [0.1, 0.15) is 11.5 Å². The number of hydrogen-bond donors (Lipinski definition) is 4. The normalized spacial score (nSPS) is 17.7. The molecule has 0 spiro atoms. The average Bonchev–Trinajstić information content (AvgIpc) is 3.35. The average molecular weight is 527 g/mol. The van der Waals surface area contributed by atoms with Crippen LogP contribution < -0.4 is 19.2 Å². The van der Waals surface area contributed by atoms with E-state index in [1.165, 1.54) is 0 Å². The zero-order valence-electron chi connectivity index (χ0n) is 19.4. The Hall–Kier alpha value is -3.50. The van der Waals surface area contributed by atoms with Crippen LogP contribution in [0.25, 0.3) is 0 Å². The quantitative estimate of drug-likeness (QED) is 0.267. The van der Waals surface area contributed by atoms with Gasteiger partial charge in [0.25, 0.3) is 0 Å². The van der Waals surface area contributed by atoms with E-state index >= 15 is 0 Å². The molecule has 0 saturated heterocycles. The highest BCUT2D eigenvalue weighted by Gasteiger charge is 2.24. The second kappa shape index (κ2) is 10.6. The van der Waals surface area contributed by atoms with Gasteiger partial charge in [0, 0.05) is 12.8 Å². The molecule has 188 valence electrons. The van der Waals surface area contributed by atoms with E-state index in [1.807, 2.05) is 48.5 Å². The Morgan fingerprint density at radius 3 is 1.33 bits per heavy atom. The monoisotopic (exact) mass is 526 g/mol. The van der Waals surface area contributed by atoms with Crippen LogP contribution in [0.2, 0.25) is 0 Å². The third-order valence-electron chi connectivity index (χ3n) is 6.20. The Bertz CT molecular complexity index is 1300. The first-order valence-corrected chi connectivity index (χ1v) is 13.4. The van der Waals surface area contributed by atoms with E-state index in [4.69, 9.17) is 9.47 Å². The highest BCUT2D eigenvalue weighted by Crippen LogP contribution is 2.29. The highest BCUT2D eigenvalue weighted by molar-refractivity contribution is 7.09. The van der Waals surface area contributed by atoms with Crippen molar-refractivity contribution >= 4 is 22.7 Å². The lowest BCUT2D eigenvalue weighted by Crippen LogP contribution is -2.30. The molecule has 0 aliphatic heterocycles. The van der Waals surface area contributed by atoms with Crippen molar-refractivity contribution in [2.45, 2.75) is 50.7 Å². The van der Waals surface area contributed by atoms with Crippen LogP contribution in [0.3, 0.4) is 0 Å². The second-order valence-electron chi connectivity index (χ2n) is 8.85. The SMILES string of the molecule is O=c1[nH]c(O)c(Cc2ccc(OC3CCC(Oc4ccc(Cc5sc(=O)[nH]c5O)cc4)CC3)cc2)s1. The summed E-state index contributed by atoms with van der Waals surface area (Å²) in [7, 11) is 0. The summed E-state index contributed by atoms with van der Waals surface area (Å²) in [6.07, 6.45) is 4.88. The summed E-state index contributed by atoms with van der Waals surface area (Å²) in [4.78, 5) is 28.2. The second-order valence-corrected chi connectivity index (χ2v) is 11.0. The molecule has 2 heterocycles. The van der Waals surface area contributed by atoms with Gasteiger partial charge in [-0.15, -0.1) is 0 Å². The van der Waals surface area contributed by atoms with Crippen molar-refractivity contribution in [1.29, 1.82) is 0 Å².